The molecule has 0 amide bonds. The van der Waals surface area contributed by atoms with Crippen molar-refractivity contribution in [2.24, 2.45) is 0 Å². The lowest BCUT2D eigenvalue weighted by Gasteiger charge is -2.11. The third-order valence-corrected chi connectivity index (χ3v) is 2.75. The molecule has 0 aromatic heterocycles. The molecule has 3 nitrogen and oxygen atoms in total. The van der Waals surface area contributed by atoms with E-state index in [9.17, 15) is 4.79 Å². The quantitative estimate of drug-likeness (QED) is 0.791. The molecule has 16 heavy (non-hydrogen) atoms. The lowest BCUT2D eigenvalue weighted by atomic mass is 10.2. The van der Waals surface area contributed by atoms with Gasteiger partial charge in [-0.2, -0.15) is 0 Å². The van der Waals surface area contributed by atoms with Crippen LogP contribution < -0.4 is 4.74 Å². The van der Waals surface area contributed by atoms with E-state index < -0.39 is 5.97 Å². The van der Waals surface area contributed by atoms with E-state index in [-0.39, 0.29) is 33.0 Å². The largest absolute Gasteiger partial charge is 0.494 e. The zero-order valence-electron chi connectivity index (χ0n) is 8.64. The fourth-order valence-corrected chi connectivity index (χ4v) is 2.22. The van der Waals surface area contributed by atoms with Crippen molar-refractivity contribution in [1.82, 2.24) is 0 Å². The molecule has 0 atom stereocenters. The number of carbonyl (C=O) groups excluding carboxylic acids is 1. The van der Waals surface area contributed by atoms with Crippen LogP contribution in [0.4, 0.5) is 0 Å². The highest BCUT2D eigenvalue weighted by Gasteiger charge is 2.22. The molecular weight excluding hydrogens is 274 g/mol. The summed E-state index contributed by atoms with van der Waals surface area (Å²) in [5.74, 6) is -0.400. The molecule has 0 N–H and O–H groups in total. The summed E-state index contributed by atoms with van der Waals surface area (Å²) in [6.07, 6.45) is 0. The van der Waals surface area contributed by atoms with Gasteiger partial charge in [-0.1, -0.05) is 34.8 Å². The van der Waals surface area contributed by atoms with Gasteiger partial charge in [0.15, 0.2) is 5.75 Å². The number of esters is 1. The summed E-state index contributed by atoms with van der Waals surface area (Å²) < 4.78 is 9.79. The van der Waals surface area contributed by atoms with Crippen LogP contribution in [-0.2, 0) is 4.74 Å². The van der Waals surface area contributed by atoms with Crippen LogP contribution in [0.3, 0.4) is 0 Å². The van der Waals surface area contributed by atoms with Crippen LogP contribution >= 0.6 is 34.8 Å². The molecule has 0 saturated heterocycles. The monoisotopic (exact) mass is 282 g/mol. The number of carbonyl (C=O) groups is 1. The molecular formula is C10H9Cl3O3. The van der Waals surface area contributed by atoms with Crippen molar-refractivity contribution in [1.29, 1.82) is 0 Å². The highest BCUT2D eigenvalue weighted by molar-refractivity contribution is 6.43. The Morgan fingerprint density at radius 2 is 1.94 bits per heavy atom. The zero-order valence-corrected chi connectivity index (χ0v) is 10.9. The lowest BCUT2D eigenvalue weighted by molar-refractivity contribution is 0.0526. The van der Waals surface area contributed by atoms with E-state index >= 15 is 0 Å². The summed E-state index contributed by atoms with van der Waals surface area (Å²) in [6.45, 7) is 1.92. The highest BCUT2D eigenvalue weighted by atomic mass is 35.5. The highest BCUT2D eigenvalue weighted by Crippen LogP contribution is 2.39. The average Bonchev–Trinajstić information content (AvgIpc) is 2.17. The summed E-state index contributed by atoms with van der Waals surface area (Å²) in [6, 6.07) is 1.39. The average molecular weight is 284 g/mol. The second-order valence-corrected chi connectivity index (χ2v) is 3.98. The van der Waals surface area contributed by atoms with E-state index in [4.69, 9.17) is 44.3 Å². The Bertz CT molecular complexity index is 418. The second kappa shape index (κ2) is 5.62. The summed E-state index contributed by atoms with van der Waals surface area (Å²) in [5, 5.41) is 0.429. The van der Waals surface area contributed by atoms with Gasteiger partial charge in [-0.25, -0.2) is 4.79 Å². The van der Waals surface area contributed by atoms with E-state index in [2.05, 4.69) is 0 Å². The first-order valence-electron chi connectivity index (χ1n) is 4.41. The van der Waals surface area contributed by atoms with Crippen LogP contribution in [0.1, 0.15) is 17.3 Å². The van der Waals surface area contributed by atoms with Gasteiger partial charge < -0.3 is 9.47 Å². The van der Waals surface area contributed by atoms with Crippen LogP contribution in [0.5, 0.6) is 5.75 Å². The van der Waals surface area contributed by atoms with Gasteiger partial charge in [-0.05, 0) is 13.0 Å². The van der Waals surface area contributed by atoms with Gasteiger partial charge >= 0.3 is 5.97 Å². The Kier molecular flexibility index (Phi) is 4.71. The Hall–Kier alpha value is -0.640. The molecule has 0 saturated carbocycles. The number of methoxy groups -OCH3 is 1. The minimum absolute atomic E-state index is 0.0541. The number of ether oxygens (including phenoxy) is 2. The summed E-state index contributed by atoms with van der Waals surface area (Å²) in [5.41, 5.74) is 0.0615. The molecule has 0 unspecified atom stereocenters. The van der Waals surface area contributed by atoms with Gasteiger partial charge in [0.1, 0.15) is 10.6 Å². The molecule has 0 aliphatic rings. The summed E-state index contributed by atoms with van der Waals surface area (Å²) >= 11 is 17.7. The zero-order chi connectivity index (χ0) is 12.3. The molecule has 0 bridgehead atoms. The SMILES string of the molecule is CCOC(=O)c1c(Cl)cc(Cl)c(OC)c1Cl. The molecule has 6 heteroatoms. The van der Waals surface area contributed by atoms with E-state index in [1.807, 2.05) is 0 Å². The third kappa shape index (κ3) is 2.54. The molecule has 1 aromatic carbocycles. The summed E-state index contributed by atoms with van der Waals surface area (Å²) in [4.78, 5) is 11.6. The van der Waals surface area contributed by atoms with Crippen molar-refractivity contribution in [3.63, 3.8) is 0 Å². The van der Waals surface area contributed by atoms with Gasteiger partial charge in [0, 0.05) is 0 Å². The first kappa shape index (κ1) is 13.4. The van der Waals surface area contributed by atoms with E-state index in [0.29, 0.717) is 0 Å². The molecule has 88 valence electrons. The fourth-order valence-electron chi connectivity index (χ4n) is 1.15. The van der Waals surface area contributed by atoms with Crippen LogP contribution in [-0.4, -0.2) is 19.7 Å². The Balaban J connectivity index is 3.33. The first-order chi connectivity index (χ1) is 7.52. The van der Waals surface area contributed by atoms with Gasteiger partial charge in [0.25, 0.3) is 0 Å². The predicted octanol–water partition coefficient (Wildman–Crippen LogP) is 3.83. The lowest BCUT2D eigenvalue weighted by Crippen LogP contribution is -2.07. The molecule has 0 aliphatic carbocycles. The normalized spacial score (nSPS) is 10.1. The fraction of sp³-hybridized carbons (Fsp3) is 0.300. The van der Waals surface area contributed by atoms with Crippen LogP contribution in [0.2, 0.25) is 15.1 Å². The van der Waals surface area contributed by atoms with Crippen LogP contribution in [0.15, 0.2) is 6.07 Å². The van der Waals surface area contributed by atoms with Crippen molar-refractivity contribution in [3.8, 4) is 5.75 Å². The number of hydrogen-bond acceptors (Lipinski definition) is 3. The maximum atomic E-state index is 11.6. The van der Waals surface area contributed by atoms with Gasteiger partial charge in [-0.15, -0.1) is 0 Å². The Morgan fingerprint density at radius 1 is 1.31 bits per heavy atom. The number of halogens is 3. The second-order valence-electron chi connectivity index (χ2n) is 2.78. The van der Waals surface area contributed by atoms with Crippen LogP contribution in [0.25, 0.3) is 0 Å². The van der Waals surface area contributed by atoms with Crippen molar-refractivity contribution >= 4 is 40.8 Å². The maximum Gasteiger partial charge on any atom is 0.341 e. The molecule has 0 aliphatic heterocycles. The van der Waals surface area contributed by atoms with E-state index in [1.54, 1.807) is 6.92 Å². The van der Waals surface area contributed by atoms with E-state index in [1.165, 1.54) is 13.2 Å². The van der Waals surface area contributed by atoms with Gasteiger partial charge in [-0.3, -0.25) is 0 Å². The predicted molar refractivity (Wildman–Crippen MR) is 64.0 cm³/mol. The van der Waals surface area contributed by atoms with E-state index in [0.717, 1.165) is 0 Å². The minimum atomic E-state index is -0.604. The molecule has 0 heterocycles. The van der Waals surface area contributed by atoms with Gasteiger partial charge in [0.2, 0.25) is 0 Å². The van der Waals surface area contributed by atoms with Crippen molar-refractivity contribution < 1.29 is 14.3 Å². The third-order valence-electron chi connectivity index (χ3n) is 1.81. The topological polar surface area (TPSA) is 35.5 Å². The Morgan fingerprint density at radius 3 is 2.44 bits per heavy atom. The smallest absolute Gasteiger partial charge is 0.341 e. The minimum Gasteiger partial charge on any atom is -0.494 e. The molecule has 1 rings (SSSR count). The molecule has 1 aromatic rings. The molecule has 0 spiro atoms. The Labute approximate surface area is 108 Å². The molecule has 0 fully saturated rings. The first-order valence-corrected chi connectivity index (χ1v) is 5.54. The van der Waals surface area contributed by atoms with Crippen molar-refractivity contribution in [2.45, 2.75) is 6.92 Å². The van der Waals surface area contributed by atoms with Gasteiger partial charge in [0.05, 0.1) is 23.8 Å². The maximum absolute atomic E-state index is 11.6. The van der Waals surface area contributed by atoms with Crippen molar-refractivity contribution in [2.75, 3.05) is 13.7 Å². The van der Waals surface area contributed by atoms with Crippen LogP contribution in [0, 0.1) is 0 Å². The number of rotatable bonds is 3. The molecule has 0 radical (unpaired) electrons. The standard InChI is InChI=1S/C10H9Cl3O3/c1-3-16-10(14)7-5(11)4-6(12)9(15-2)8(7)13/h4H,3H2,1-2H3. The number of benzene rings is 1. The number of hydrogen-bond donors (Lipinski definition) is 0. The summed E-state index contributed by atoms with van der Waals surface area (Å²) in [7, 11) is 1.40. The van der Waals surface area contributed by atoms with Crippen molar-refractivity contribution in [3.05, 3.63) is 26.7 Å².